The van der Waals surface area contributed by atoms with Crippen molar-refractivity contribution in [1.29, 1.82) is 0 Å². The second-order valence-electron chi connectivity index (χ2n) is 5.64. The third-order valence-electron chi connectivity index (χ3n) is 4.32. The molecule has 1 amide bonds. The van der Waals surface area contributed by atoms with Crippen molar-refractivity contribution < 1.29 is 14.3 Å². The van der Waals surface area contributed by atoms with Crippen LogP contribution in [0.15, 0.2) is 24.3 Å². The average Bonchev–Trinajstić information content (AvgIpc) is 3.32. The van der Waals surface area contributed by atoms with Gasteiger partial charge in [0.2, 0.25) is 5.91 Å². The van der Waals surface area contributed by atoms with Crippen LogP contribution in [-0.2, 0) is 14.9 Å². The normalized spacial score (nSPS) is 21.2. The van der Waals surface area contributed by atoms with E-state index in [1.807, 2.05) is 24.3 Å². The van der Waals surface area contributed by atoms with Crippen LogP contribution in [0.3, 0.4) is 0 Å². The standard InChI is InChI=1S/C16H21NO3/c1-19-14-5-3-2-4-13(14)16(8-10-20-11-9-16)15(18)17-12-6-7-12/h2-5,12H,6-11H2,1H3,(H,17,18). The van der Waals surface area contributed by atoms with Gasteiger partial charge in [0.05, 0.1) is 12.5 Å². The lowest BCUT2D eigenvalue weighted by atomic mass is 9.73. The molecule has 4 heteroatoms. The Labute approximate surface area is 119 Å². The Kier molecular flexibility index (Phi) is 3.66. The minimum atomic E-state index is -0.507. The molecule has 1 aromatic carbocycles. The molecule has 0 unspecified atom stereocenters. The van der Waals surface area contributed by atoms with Gasteiger partial charge >= 0.3 is 0 Å². The molecular formula is C16H21NO3. The fourth-order valence-electron chi connectivity index (χ4n) is 2.93. The molecular weight excluding hydrogens is 254 g/mol. The number of para-hydroxylation sites is 1. The number of hydrogen-bond acceptors (Lipinski definition) is 3. The predicted octanol–water partition coefficient (Wildman–Crippen LogP) is 2.02. The summed E-state index contributed by atoms with van der Waals surface area (Å²) >= 11 is 0. The molecule has 2 aliphatic rings. The Hall–Kier alpha value is -1.55. The van der Waals surface area contributed by atoms with Crippen LogP contribution in [0.5, 0.6) is 5.75 Å². The molecule has 3 rings (SSSR count). The maximum Gasteiger partial charge on any atom is 0.231 e. The van der Waals surface area contributed by atoms with Gasteiger partial charge in [-0.1, -0.05) is 18.2 Å². The van der Waals surface area contributed by atoms with Gasteiger partial charge in [-0.25, -0.2) is 0 Å². The number of rotatable bonds is 4. The van der Waals surface area contributed by atoms with Crippen molar-refractivity contribution in [2.45, 2.75) is 37.1 Å². The summed E-state index contributed by atoms with van der Waals surface area (Å²) in [6.45, 7) is 1.24. The van der Waals surface area contributed by atoms with E-state index in [-0.39, 0.29) is 5.91 Å². The van der Waals surface area contributed by atoms with Gasteiger partial charge in [0, 0.05) is 24.8 Å². The topological polar surface area (TPSA) is 47.6 Å². The van der Waals surface area contributed by atoms with Crippen molar-refractivity contribution in [2.24, 2.45) is 0 Å². The summed E-state index contributed by atoms with van der Waals surface area (Å²) in [5, 5.41) is 3.16. The lowest BCUT2D eigenvalue weighted by Gasteiger charge is -2.37. The zero-order chi connectivity index (χ0) is 14.0. The summed E-state index contributed by atoms with van der Waals surface area (Å²) in [4.78, 5) is 12.8. The summed E-state index contributed by atoms with van der Waals surface area (Å²) in [6.07, 6.45) is 3.63. The third-order valence-corrected chi connectivity index (χ3v) is 4.32. The predicted molar refractivity (Wildman–Crippen MR) is 75.9 cm³/mol. The molecule has 1 aliphatic carbocycles. The Morgan fingerprint density at radius 2 is 2.00 bits per heavy atom. The largest absolute Gasteiger partial charge is 0.496 e. The van der Waals surface area contributed by atoms with Gasteiger partial charge in [-0.3, -0.25) is 4.79 Å². The third kappa shape index (κ3) is 2.40. The molecule has 1 heterocycles. The quantitative estimate of drug-likeness (QED) is 0.914. The van der Waals surface area contributed by atoms with Crippen LogP contribution < -0.4 is 10.1 Å². The minimum absolute atomic E-state index is 0.132. The van der Waals surface area contributed by atoms with E-state index in [0.29, 0.717) is 32.1 Å². The second-order valence-corrected chi connectivity index (χ2v) is 5.64. The van der Waals surface area contributed by atoms with E-state index >= 15 is 0 Å². The lowest BCUT2D eigenvalue weighted by Crippen LogP contribution is -2.48. The van der Waals surface area contributed by atoms with E-state index in [1.54, 1.807) is 7.11 Å². The van der Waals surface area contributed by atoms with Gasteiger partial charge in [-0.2, -0.15) is 0 Å². The van der Waals surface area contributed by atoms with Crippen LogP contribution in [0, 0.1) is 0 Å². The summed E-state index contributed by atoms with van der Waals surface area (Å²) in [7, 11) is 1.66. The van der Waals surface area contributed by atoms with E-state index in [9.17, 15) is 4.79 Å². The Balaban J connectivity index is 1.97. The maximum absolute atomic E-state index is 12.8. The van der Waals surface area contributed by atoms with Crippen LogP contribution >= 0.6 is 0 Å². The Morgan fingerprint density at radius 3 is 2.65 bits per heavy atom. The SMILES string of the molecule is COc1ccccc1C1(C(=O)NC2CC2)CCOCC1. The molecule has 0 atom stereocenters. The van der Waals surface area contributed by atoms with E-state index in [1.165, 1.54) is 0 Å². The first-order valence-electron chi connectivity index (χ1n) is 7.28. The van der Waals surface area contributed by atoms with Crippen molar-refractivity contribution in [3.8, 4) is 5.75 Å². The van der Waals surface area contributed by atoms with Gasteiger partial charge in [0.15, 0.2) is 0 Å². The first-order valence-corrected chi connectivity index (χ1v) is 7.28. The first-order chi connectivity index (χ1) is 9.76. The fraction of sp³-hybridized carbons (Fsp3) is 0.562. The molecule has 2 fully saturated rings. The molecule has 0 radical (unpaired) electrons. The number of methoxy groups -OCH3 is 1. The first kappa shape index (κ1) is 13.4. The second kappa shape index (κ2) is 5.44. The van der Waals surface area contributed by atoms with Gasteiger partial charge in [-0.15, -0.1) is 0 Å². The number of hydrogen-bond donors (Lipinski definition) is 1. The molecule has 1 saturated carbocycles. The van der Waals surface area contributed by atoms with Crippen molar-refractivity contribution in [3.63, 3.8) is 0 Å². The number of carbonyl (C=O) groups is 1. The monoisotopic (exact) mass is 275 g/mol. The molecule has 1 aromatic rings. The molecule has 1 aliphatic heterocycles. The summed E-state index contributed by atoms with van der Waals surface area (Å²) in [6, 6.07) is 8.22. The van der Waals surface area contributed by atoms with E-state index in [2.05, 4.69) is 5.32 Å². The molecule has 1 N–H and O–H groups in total. The van der Waals surface area contributed by atoms with Crippen molar-refractivity contribution in [1.82, 2.24) is 5.32 Å². The Bertz CT molecular complexity index is 490. The molecule has 0 aromatic heterocycles. The number of nitrogens with one attached hydrogen (secondary N) is 1. The van der Waals surface area contributed by atoms with Crippen molar-refractivity contribution in [2.75, 3.05) is 20.3 Å². The molecule has 4 nitrogen and oxygen atoms in total. The van der Waals surface area contributed by atoms with Crippen LogP contribution in [0.1, 0.15) is 31.2 Å². The molecule has 0 spiro atoms. The van der Waals surface area contributed by atoms with Crippen molar-refractivity contribution >= 4 is 5.91 Å². The number of benzene rings is 1. The smallest absolute Gasteiger partial charge is 0.231 e. The van der Waals surface area contributed by atoms with Gasteiger partial charge in [-0.05, 0) is 31.7 Å². The summed E-state index contributed by atoms with van der Waals surface area (Å²) < 4.78 is 10.9. The fourth-order valence-corrected chi connectivity index (χ4v) is 2.93. The van der Waals surface area contributed by atoms with Crippen LogP contribution in [-0.4, -0.2) is 32.3 Å². The molecule has 1 saturated heterocycles. The number of carbonyl (C=O) groups excluding carboxylic acids is 1. The molecule has 0 bridgehead atoms. The van der Waals surface area contributed by atoms with Gasteiger partial charge < -0.3 is 14.8 Å². The van der Waals surface area contributed by atoms with Crippen LogP contribution in [0.2, 0.25) is 0 Å². The molecule has 20 heavy (non-hydrogen) atoms. The van der Waals surface area contributed by atoms with Gasteiger partial charge in [0.1, 0.15) is 5.75 Å². The van der Waals surface area contributed by atoms with E-state index in [0.717, 1.165) is 24.2 Å². The average molecular weight is 275 g/mol. The maximum atomic E-state index is 12.8. The zero-order valence-electron chi connectivity index (χ0n) is 11.9. The van der Waals surface area contributed by atoms with Crippen LogP contribution in [0.4, 0.5) is 0 Å². The zero-order valence-corrected chi connectivity index (χ0v) is 11.9. The highest BCUT2D eigenvalue weighted by molar-refractivity contribution is 5.89. The number of amides is 1. The van der Waals surface area contributed by atoms with Crippen molar-refractivity contribution in [3.05, 3.63) is 29.8 Å². The highest BCUT2D eigenvalue weighted by Gasteiger charge is 2.44. The lowest BCUT2D eigenvalue weighted by molar-refractivity contribution is -0.130. The van der Waals surface area contributed by atoms with Gasteiger partial charge in [0.25, 0.3) is 0 Å². The Morgan fingerprint density at radius 1 is 1.30 bits per heavy atom. The van der Waals surface area contributed by atoms with Crippen LogP contribution in [0.25, 0.3) is 0 Å². The summed E-state index contributed by atoms with van der Waals surface area (Å²) in [5.41, 5.74) is 0.483. The highest BCUT2D eigenvalue weighted by atomic mass is 16.5. The number of ether oxygens (including phenoxy) is 2. The highest BCUT2D eigenvalue weighted by Crippen LogP contribution is 2.40. The minimum Gasteiger partial charge on any atom is -0.496 e. The molecule has 108 valence electrons. The van der Waals surface area contributed by atoms with E-state index in [4.69, 9.17) is 9.47 Å². The van der Waals surface area contributed by atoms with E-state index < -0.39 is 5.41 Å². The summed E-state index contributed by atoms with van der Waals surface area (Å²) in [5.74, 6) is 0.924.